The van der Waals surface area contributed by atoms with Crippen LogP contribution in [0.5, 0.6) is 17.4 Å². The smallest absolute Gasteiger partial charge is 0.244 e. The van der Waals surface area contributed by atoms with Gasteiger partial charge >= 0.3 is 0 Å². The first-order chi connectivity index (χ1) is 15.1. The van der Waals surface area contributed by atoms with E-state index in [0.29, 0.717) is 29.6 Å². The van der Waals surface area contributed by atoms with Crippen LogP contribution >= 0.6 is 0 Å². The molecule has 1 aromatic heterocycles. The van der Waals surface area contributed by atoms with Crippen molar-refractivity contribution >= 4 is 0 Å². The Balaban J connectivity index is 1.87. The summed E-state index contributed by atoms with van der Waals surface area (Å²) in [6.45, 7) is 4.56. The fourth-order valence-electron chi connectivity index (χ4n) is 3.84. The molecule has 31 heavy (non-hydrogen) atoms. The van der Waals surface area contributed by atoms with Crippen molar-refractivity contribution < 1.29 is 14.2 Å². The number of aromatic amines is 1. The van der Waals surface area contributed by atoms with Gasteiger partial charge in [0.15, 0.2) is 11.5 Å². The summed E-state index contributed by atoms with van der Waals surface area (Å²) >= 11 is 0. The molecule has 0 saturated carbocycles. The van der Waals surface area contributed by atoms with Crippen LogP contribution < -0.4 is 19.9 Å². The molecule has 158 valence electrons. The molecule has 2 aromatic carbocycles. The lowest BCUT2D eigenvalue weighted by atomic mass is 9.82. The molecule has 4 rings (SSSR count). The number of nitrogens with two attached hydrogens (primary N) is 1. The molecular formula is C24H24N4O3. The Hall–Kier alpha value is -3.92. The van der Waals surface area contributed by atoms with E-state index in [-0.39, 0.29) is 5.88 Å². The second kappa shape index (κ2) is 8.44. The maximum Gasteiger partial charge on any atom is 0.244 e. The number of hydrogen-bond donors (Lipinski definition) is 2. The first-order valence-electron chi connectivity index (χ1n) is 10.2. The molecule has 1 unspecified atom stereocenters. The zero-order chi connectivity index (χ0) is 22.0. The van der Waals surface area contributed by atoms with Crippen molar-refractivity contribution in [1.29, 1.82) is 5.26 Å². The molecule has 0 fully saturated rings. The van der Waals surface area contributed by atoms with E-state index in [1.54, 1.807) is 7.11 Å². The van der Waals surface area contributed by atoms with Crippen LogP contribution in [-0.4, -0.2) is 23.9 Å². The minimum absolute atomic E-state index is 0.0712. The SMILES string of the molecule is CCOc1ccc(-c2[nH]nc3c2C(c2ccc(CC)cc2)C(C#N)=C(N)O3)cc1OC. The van der Waals surface area contributed by atoms with Crippen molar-refractivity contribution in [2.75, 3.05) is 13.7 Å². The zero-order valence-corrected chi connectivity index (χ0v) is 17.7. The van der Waals surface area contributed by atoms with E-state index in [2.05, 4.69) is 35.3 Å². The summed E-state index contributed by atoms with van der Waals surface area (Å²) in [5.41, 5.74) is 10.9. The van der Waals surface area contributed by atoms with Gasteiger partial charge in [0.2, 0.25) is 11.8 Å². The summed E-state index contributed by atoms with van der Waals surface area (Å²) in [6.07, 6.45) is 0.936. The van der Waals surface area contributed by atoms with E-state index in [0.717, 1.165) is 28.8 Å². The molecule has 0 aliphatic carbocycles. The minimum Gasteiger partial charge on any atom is -0.493 e. The first kappa shape index (κ1) is 20.4. The number of nitrogens with one attached hydrogen (secondary N) is 1. The summed E-state index contributed by atoms with van der Waals surface area (Å²) in [5.74, 6) is 1.31. The van der Waals surface area contributed by atoms with E-state index >= 15 is 0 Å². The molecule has 1 aliphatic rings. The maximum atomic E-state index is 9.86. The lowest BCUT2D eigenvalue weighted by Gasteiger charge is -2.24. The number of fused-ring (bicyclic) bond motifs is 1. The number of nitrogens with zero attached hydrogens (tertiary/aromatic N) is 2. The van der Waals surface area contributed by atoms with Crippen LogP contribution in [0.25, 0.3) is 11.3 Å². The molecule has 0 amide bonds. The Morgan fingerprint density at radius 1 is 1.16 bits per heavy atom. The predicted octanol–water partition coefficient (Wildman–Crippen LogP) is 4.26. The molecule has 7 heteroatoms. The highest BCUT2D eigenvalue weighted by molar-refractivity contribution is 5.73. The molecule has 2 heterocycles. The van der Waals surface area contributed by atoms with E-state index in [9.17, 15) is 5.26 Å². The highest BCUT2D eigenvalue weighted by Gasteiger charge is 2.35. The van der Waals surface area contributed by atoms with E-state index in [1.165, 1.54) is 5.56 Å². The first-order valence-corrected chi connectivity index (χ1v) is 10.2. The molecule has 0 spiro atoms. The fourth-order valence-corrected chi connectivity index (χ4v) is 3.84. The van der Waals surface area contributed by atoms with Gasteiger partial charge in [-0.3, -0.25) is 5.10 Å². The Bertz CT molecular complexity index is 1170. The highest BCUT2D eigenvalue weighted by Crippen LogP contribution is 2.46. The van der Waals surface area contributed by atoms with Crippen molar-refractivity contribution in [3.05, 3.63) is 70.6 Å². The molecule has 3 aromatic rings. The molecule has 0 radical (unpaired) electrons. The van der Waals surface area contributed by atoms with Crippen molar-refractivity contribution in [2.45, 2.75) is 26.2 Å². The summed E-state index contributed by atoms with van der Waals surface area (Å²) in [5, 5.41) is 17.3. The average Bonchev–Trinajstić information content (AvgIpc) is 3.22. The molecule has 1 atom stereocenters. The van der Waals surface area contributed by atoms with Gasteiger partial charge in [-0.05, 0) is 42.7 Å². The van der Waals surface area contributed by atoms with Gasteiger partial charge in [0.25, 0.3) is 0 Å². The highest BCUT2D eigenvalue weighted by atomic mass is 16.5. The van der Waals surface area contributed by atoms with Crippen LogP contribution in [0.3, 0.4) is 0 Å². The molecule has 3 N–H and O–H groups in total. The zero-order valence-electron chi connectivity index (χ0n) is 17.7. The third-order valence-corrected chi connectivity index (χ3v) is 5.41. The molecule has 1 aliphatic heterocycles. The predicted molar refractivity (Wildman–Crippen MR) is 117 cm³/mol. The van der Waals surface area contributed by atoms with Gasteiger partial charge in [0.1, 0.15) is 11.6 Å². The Labute approximate surface area is 181 Å². The second-order valence-electron chi connectivity index (χ2n) is 7.14. The third kappa shape index (κ3) is 3.57. The van der Waals surface area contributed by atoms with Crippen LogP contribution in [0.15, 0.2) is 53.9 Å². The number of aromatic nitrogens is 2. The Morgan fingerprint density at radius 3 is 2.58 bits per heavy atom. The summed E-state index contributed by atoms with van der Waals surface area (Å²) < 4.78 is 16.8. The van der Waals surface area contributed by atoms with Gasteiger partial charge in [-0.2, -0.15) is 5.26 Å². The normalized spacial score (nSPS) is 15.1. The number of ether oxygens (including phenoxy) is 3. The Morgan fingerprint density at radius 2 is 1.94 bits per heavy atom. The van der Waals surface area contributed by atoms with Crippen LogP contribution in [0, 0.1) is 11.3 Å². The number of aryl methyl sites for hydroxylation is 1. The van der Waals surface area contributed by atoms with Gasteiger partial charge in [-0.15, -0.1) is 5.10 Å². The van der Waals surface area contributed by atoms with Gasteiger partial charge in [0, 0.05) is 5.56 Å². The van der Waals surface area contributed by atoms with Crippen LogP contribution in [0.2, 0.25) is 0 Å². The minimum atomic E-state index is -0.397. The number of H-pyrrole nitrogens is 1. The van der Waals surface area contributed by atoms with E-state index in [4.69, 9.17) is 19.9 Å². The van der Waals surface area contributed by atoms with E-state index < -0.39 is 5.92 Å². The number of hydrogen-bond acceptors (Lipinski definition) is 6. The molecule has 0 saturated heterocycles. The molecule has 0 bridgehead atoms. The van der Waals surface area contributed by atoms with Crippen molar-refractivity contribution in [1.82, 2.24) is 10.2 Å². The monoisotopic (exact) mass is 416 g/mol. The van der Waals surface area contributed by atoms with Gasteiger partial charge < -0.3 is 19.9 Å². The largest absolute Gasteiger partial charge is 0.493 e. The van der Waals surface area contributed by atoms with Crippen LogP contribution in [0.4, 0.5) is 0 Å². The van der Waals surface area contributed by atoms with E-state index in [1.807, 2.05) is 37.3 Å². The van der Waals surface area contributed by atoms with Crippen molar-refractivity contribution in [3.63, 3.8) is 0 Å². The van der Waals surface area contributed by atoms with Crippen LogP contribution in [-0.2, 0) is 6.42 Å². The lowest BCUT2D eigenvalue weighted by molar-refractivity contribution is 0.311. The number of methoxy groups -OCH3 is 1. The maximum absolute atomic E-state index is 9.86. The summed E-state index contributed by atoms with van der Waals surface area (Å²) in [4.78, 5) is 0. The topological polar surface area (TPSA) is 106 Å². The third-order valence-electron chi connectivity index (χ3n) is 5.41. The van der Waals surface area contributed by atoms with Gasteiger partial charge in [-0.25, -0.2) is 0 Å². The Kier molecular flexibility index (Phi) is 5.54. The number of benzene rings is 2. The van der Waals surface area contributed by atoms with Crippen molar-refractivity contribution in [2.24, 2.45) is 5.73 Å². The van der Waals surface area contributed by atoms with Gasteiger partial charge in [0.05, 0.1) is 30.9 Å². The number of nitriles is 1. The second-order valence-corrected chi connectivity index (χ2v) is 7.14. The summed E-state index contributed by atoms with van der Waals surface area (Å²) in [7, 11) is 1.60. The number of rotatable bonds is 6. The van der Waals surface area contributed by atoms with Crippen LogP contribution in [0.1, 0.15) is 36.5 Å². The van der Waals surface area contributed by atoms with Gasteiger partial charge in [-0.1, -0.05) is 31.2 Å². The summed E-state index contributed by atoms with van der Waals surface area (Å²) in [6, 6.07) is 16.1. The average molecular weight is 416 g/mol. The molecule has 7 nitrogen and oxygen atoms in total. The quantitative estimate of drug-likeness (QED) is 0.622. The standard InChI is InChI=1S/C24H24N4O3/c1-4-14-6-8-15(9-7-14)20-17(13-25)23(26)31-24-21(20)22(27-28-24)16-10-11-18(30-5-2)19(12-16)29-3/h6-12,20H,4-5,26H2,1-3H3,(H,27,28). The molecular weight excluding hydrogens is 392 g/mol. The fraction of sp³-hybridized carbons (Fsp3) is 0.250. The van der Waals surface area contributed by atoms with Crippen molar-refractivity contribution in [3.8, 4) is 34.7 Å². The lowest BCUT2D eigenvalue weighted by Crippen LogP contribution is -2.21. The number of allylic oxidation sites excluding steroid dienone is 1.